The molecule has 0 spiro atoms. The third-order valence-corrected chi connectivity index (χ3v) is 1.16. The monoisotopic (exact) mass is 214 g/mol. The molecule has 0 atom stereocenters. The number of alkyl halides is 3. The van der Waals surface area contributed by atoms with E-state index in [0.29, 0.717) is 5.56 Å². The van der Waals surface area contributed by atoms with Gasteiger partial charge in [0.15, 0.2) is 0 Å². The third kappa shape index (κ3) is 5.59. The van der Waals surface area contributed by atoms with Crippen molar-refractivity contribution < 1.29 is 69.3 Å². The fourth-order valence-corrected chi connectivity index (χ4v) is 0.691. The Bertz CT molecular complexity index is 255. The van der Waals surface area contributed by atoms with E-state index in [1.165, 1.54) is 24.3 Å². The van der Waals surface area contributed by atoms with Gasteiger partial charge < -0.3 is 4.74 Å². The van der Waals surface area contributed by atoms with Crippen LogP contribution in [0.25, 0.3) is 0 Å². The van der Waals surface area contributed by atoms with Crippen LogP contribution >= 0.6 is 0 Å². The average molecular weight is 214 g/mol. The first kappa shape index (κ1) is 13.3. The summed E-state index contributed by atoms with van der Waals surface area (Å²) in [6, 6.07) is 5.33. The Morgan fingerprint density at radius 2 is 1.54 bits per heavy atom. The van der Waals surface area contributed by atoms with E-state index >= 15 is 0 Å². The Morgan fingerprint density at radius 1 is 1.08 bits per heavy atom. The first-order valence-corrected chi connectivity index (χ1v) is 3.15. The summed E-state index contributed by atoms with van der Waals surface area (Å²) in [6.45, 7) is 3.52. The Labute approximate surface area is 117 Å². The van der Waals surface area contributed by atoms with Crippen molar-refractivity contribution in [1.29, 1.82) is 0 Å². The van der Waals surface area contributed by atoms with E-state index in [1.54, 1.807) is 0 Å². The van der Waals surface area contributed by atoms with Gasteiger partial charge in [-0.3, -0.25) is 0 Å². The number of hydrogen-bond donors (Lipinski definition) is 0. The summed E-state index contributed by atoms with van der Waals surface area (Å²) >= 11 is 0. The SMILES string of the molecule is [CH2-]c1ccc(OC(F)(F)F)cc1.[K+]. The minimum atomic E-state index is -4.62. The molecule has 5 heteroatoms. The van der Waals surface area contributed by atoms with Gasteiger partial charge in [-0.1, -0.05) is 12.1 Å². The van der Waals surface area contributed by atoms with Gasteiger partial charge in [-0.2, -0.15) is 24.6 Å². The molecule has 0 unspecified atom stereocenters. The Balaban J connectivity index is 0.00000144. The van der Waals surface area contributed by atoms with E-state index in [4.69, 9.17) is 0 Å². The molecule has 0 fully saturated rings. The van der Waals surface area contributed by atoms with Crippen molar-refractivity contribution in [1.82, 2.24) is 0 Å². The third-order valence-electron chi connectivity index (χ3n) is 1.16. The van der Waals surface area contributed by atoms with Crippen LogP contribution in [0.1, 0.15) is 5.56 Å². The van der Waals surface area contributed by atoms with Crippen LogP contribution in [0.5, 0.6) is 5.75 Å². The molecule has 1 rings (SSSR count). The molecule has 0 amide bonds. The van der Waals surface area contributed by atoms with Crippen LogP contribution in [-0.2, 0) is 0 Å². The largest absolute Gasteiger partial charge is 1.00 e. The van der Waals surface area contributed by atoms with Crippen LogP contribution in [0.4, 0.5) is 13.2 Å². The smallest absolute Gasteiger partial charge is 0.408 e. The van der Waals surface area contributed by atoms with Crippen LogP contribution in [-0.4, -0.2) is 6.36 Å². The summed E-state index contributed by atoms with van der Waals surface area (Å²) in [6.07, 6.45) is -4.62. The second-order valence-electron chi connectivity index (χ2n) is 2.19. The quantitative estimate of drug-likeness (QED) is 0.463. The molecule has 1 aromatic carbocycles. The minimum Gasteiger partial charge on any atom is -0.408 e. The molecule has 0 radical (unpaired) electrons. The normalized spacial score (nSPS) is 10.4. The molecule has 0 bridgehead atoms. The molecule has 0 aliphatic rings. The zero-order valence-electron chi connectivity index (χ0n) is 7.06. The van der Waals surface area contributed by atoms with Crippen molar-refractivity contribution in [3.05, 3.63) is 36.8 Å². The molecule has 1 nitrogen and oxygen atoms in total. The summed E-state index contributed by atoms with van der Waals surface area (Å²) in [5, 5.41) is 0. The van der Waals surface area contributed by atoms with Crippen LogP contribution in [0, 0.1) is 6.92 Å². The maximum Gasteiger partial charge on any atom is 1.00 e. The van der Waals surface area contributed by atoms with Gasteiger partial charge in [-0.15, -0.1) is 13.2 Å². The molecule has 0 N–H and O–H groups in total. The summed E-state index contributed by atoms with van der Waals surface area (Å²) in [7, 11) is 0. The first-order chi connectivity index (χ1) is 5.47. The number of rotatable bonds is 1. The summed E-state index contributed by atoms with van der Waals surface area (Å²) in [5.41, 5.74) is 0.643. The Morgan fingerprint density at radius 3 is 1.92 bits per heavy atom. The van der Waals surface area contributed by atoms with Crippen LogP contribution in [0.3, 0.4) is 0 Å². The van der Waals surface area contributed by atoms with Gasteiger partial charge in [0, 0.05) is 0 Å². The average Bonchev–Trinajstić information content (AvgIpc) is 1.91. The van der Waals surface area contributed by atoms with Gasteiger partial charge >= 0.3 is 57.7 Å². The van der Waals surface area contributed by atoms with E-state index in [2.05, 4.69) is 11.7 Å². The maximum absolute atomic E-state index is 11.6. The van der Waals surface area contributed by atoms with Crippen molar-refractivity contribution >= 4 is 0 Å². The standard InChI is InChI=1S/C8H6F3O.K/c1-6-2-4-7(5-3-6)12-8(9,10)11;/h2-5H,1H2;/q-1;+1. The van der Waals surface area contributed by atoms with E-state index < -0.39 is 6.36 Å². The summed E-state index contributed by atoms with van der Waals surface area (Å²) in [5.74, 6) is -0.227. The van der Waals surface area contributed by atoms with Crippen LogP contribution in [0.2, 0.25) is 0 Å². The molecule has 0 heterocycles. The second kappa shape index (κ2) is 5.26. The summed E-state index contributed by atoms with van der Waals surface area (Å²) in [4.78, 5) is 0. The predicted molar refractivity (Wildman–Crippen MR) is 37.6 cm³/mol. The van der Waals surface area contributed by atoms with Gasteiger partial charge in [0.2, 0.25) is 0 Å². The zero-order valence-corrected chi connectivity index (χ0v) is 10.2. The molecular weight excluding hydrogens is 208 g/mol. The van der Waals surface area contributed by atoms with E-state index in [1.807, 2.05) is 0 Å². The van der Waals surface area contributed by atoms with Crippen molar-refractivity contribution in [2.75, 3.05) is 0 Å². The Hall–Kier alpha value is 0.316. The van der Waals surface area contributed by atoms with Gasteiger partial charge in [0.1, 0.15) is 5.75 Å². The number of hydrogen-bond acceptors (Lipinski definition) is 1. The molecule has 66 valence electrons. The molecule has 0 saturated heterocycles. The van der Waals surface area contributed by atoms with E-state index in [9.17, 15) is 13.2 Å². The van der Waals surface area contributed by atoms with E-state index in [0.717, 1.165) is 0 Å². The van der Waals surface area contributed by atoms with Gasteiger partial charge in [-0.25, -0.2) is 0 Å². The maximum atomic E-state index is 11.6. The second-order valence-corrected chi connectivity index (χ2v) is 2.19. The molecule has 0 aliphatic carbocycles. The van der Waals surface area contributed by atoms with Gasteiger partial charge in [-0.05, 0) is 0 Å². The first-order valence-electron chi connectivity index (χ1n) is 3.15. The Kier molecular flexibility index (Phi) is 5.39. The summed E-state index contributed by atoms with van der Waals surface area (Å²) < 4.78 is 38.4. The molecule has 1 aromatic rings. The van der Waals surface area contributed by atoms with Crippen molar-refractivity contribution in [3.8, 4) is 5.75 Å². The number of benzene rings is 1. The van der Waals surface area contributed by atoms with Gasteiger partial charge in [0.25, 0.3) is 0 Å². The van der Waals surface area contributed by atoms with Crippen molar-refractivity contribution in [2.24, 2.45) is 0 Å². The van der Waals surface area contributed by atoms with E-state index in [-0.39, 0.29) is 57.1 Å². The van der Waals surface area contributed by atoms with Crippen molar-refractivity contribution in [3.63, 3.8) is 0 Å². The molecular formula is C8H6F3KO. The number of halogens is 3. The topological polar surface area (TPSA) is 9.23 Å². The molecule has 0 aliphatic heterocycles. The van der Waals surface area contributed by atoms with Crippen LogP contribution in [0.15, 0.2) is 24.3 Å². The van der Waals surface area contributed by atoms with Crippen LogP contribution < -0.4 is 56.1 Å². The fraction of sp³-hybridized carbons (Fsp3) is 0.125. The van der Waals surface area contributed by atoms with Crippen molar-refractivity contribution in [2.45, 2.75) is 6.36 Å². The number of ether oxygens (including phenoxy) is 1. The molecule has 0 aromatic heterocycles. The predicted octanol–water partition coefficient (Wildman–Crippen LogP) is -0.229. The van der Waals surface area contributed by atoms with Gasteiger partial charge in [0.05, 0.1) is 0 Å². The zero-order chi connectivity index (χ0) is 9.19. The molecule has 0 saturated carbocycles. The minimum absolute atomic E-state index is 0. The fourth-order valence-electron chi connectivity index (χ4n) is 0.691. The molecule has 13 heavy (non-hydrogen) atoms.